The first-order valence-corrected chi connectivity index (χ1v) is 8.38. The summed E-state index contributed by atoms with van der Waals surface area (Å²) < 4.78 is 26.3. The minimum Gasteiger partial charge on any atom is -0.464 e. The molecule has 3 aromatic carbocycles. The minimum absolute atomic E-state index is 0.247. The van der Waals surface area contributed by atoms with E-state index in [0.717, 1.165) is 35.6 Å². The highest BCUT2D eigenvalue weighted by molar-refractivity contribution is 5.99. The maximum Gasteiger partial charge on any atom is 0.199 e. The van der Waals surface area contributed by atoms with Gasteiger partial charge in [0.05, 0.1) is 6.61 Å². The van der Waals surface area contributed by atoms with Gasteiger partial charge >= 0.3 is 0 Å². The van der Waals surface area contributed by atoms with Crippen LogP contribution in [0.3, 0.4) is 0 Å². The van der Waals surface area contributed by atoms with E-state index in [1.807, 2.05) is 42.5 Å². The predicted molar refractivity (Wildman–Crippen MR) is 93.6 cm³/mol. The molecule has 0 aliphatic carbocycles. The summed E-state index contributed by atoms with van der Waals surface area (Å²) in [5, 5.41) is 2.04. The van der Waals surface area contributed by atoms with Crippen molar-refractivity contribution in [3.8, 4) is 16.9 Å². The van der Waals surface area contributed by atoms with Gasteiger partial charge in [0.25, 0.3) is 0 Å². The maximum absolute atomic E-state index is 14.5. The van der Waals surface area contributed by atoms with Gasteiger partial charge in [-0.25, -0.2) is 4.39 Å². The van der Waals surface area contributed by atoms with Crippen LogP contribution in [0.4, 0.5) is 4.39 Å². The van der Waals surface area contributed by atoms with Crippen molar-refractivity contribution in [2.45, 2.75) is 25.6 Å². The molecular weight excluding hydrogens is 303 g/mol. The van der Waals surface area contributed by atoms with Crippen LogP contribution in [0.1, 0.15) is 19.3 Å². The fourth-order valence-corrected chi connectivity index (χ4v) is 3.24. The van der Waals surface area contributed by atoms with E-state index in [9.17, 15) is 4.39 Å². The van der Waals surface area contributed by atoms with Gasteiger partial charge in [0.1, 0.15) is 11.6 Å². The van der Waals surface area contributed by atoms with E-state index >= 15 is 0 Å². The first-order valence-electron chi connectivity index (χ1n) is 8.38. The fraction of sp³-hybridized carbons (Fsp3) is 0.238. The molecular formula is C21H19FO2. The number of rotatable bonds is 3. The van der Waals surface area contributed by atoms with Gasteiger partial charge in [-0.2, -0.15) is 0 Å². The molecule has 3 heteroatoms. The van der Waals surface area contributed by atoms with Crippen LogP contribution in [-0.2, 0) is 4.74 Å². The summed E-state index contributed by atoms with van der Waals surface area (Å²) in [6.07, 6.45) is 2.76. The molecule has 122 valence electrons. The zero-order valence-electron chi connectivity index (χ0n) is 13.4. The number of ether oxygens (including phenoxy) is 2. The molecule has 0 amide bonds. The van der Waals surface area contributed by atoms with E-state index in [-0.39, 0.29) is 12.1 Å². The number of halogens is 1. The summed E-state index contributed by atoms with van der Waals surface area (Å²) in [5.74, 6) is 0.425. The molecule has 3 aromatic rings. The Morgan fingerprint density at radius 2 is 1.75 bits per heavy atom. The molecule has 2 nitrogen and oxygen atoms in total. The normalized spacial score (nSPS) is 17.8. The molecule has 4 rings (SSSR count). The van der Waals surface area contributed by atoms with Crippen LogP contribution in [0.5, 0.6) is 5.75 Å². The Balaban J connectivity index is 1.86. The van der Waals surface area contributed by atoms with Crippen LogP contribution in [-0.4, -0.2) is 12.9 Å². The molecule has 24 heavy (non-hydrogen) atoms. The smallest absolute Gasteiger partial charge is 0.199 e. The van der Waals surface area contributed by atoms with E-state index in [1.165, 1.54) is 6.07 Å². The van der Waals surface area contributed by atoms with E-state index in [1.54, 1.807) is 12.1 Å². The highest BCUT2D eigenvalue weighted by atomic mass is 19.1. The lowest BCUT2D eigenvalue weighted by molar-refractivity contribution is -0.105. The van der Waals surface area contributed by atoms with Crippen molar-refractivity contribution in [3.63, 3.8) is 0 Å². The summed E-state index contributed by atoms with van der Waals surface area (Å²) in [5.41, 5.74) is 1.35. The van der Waals surface area contributed by atoms with Crippen LogP contribution in [0, 0.1) is 5.82 Å². The van der Waals surface area contributed by atoms with Crippen molar-refractivity contribution in [2.24, 2.45) is 0 Å². The Morgan fingerprint density at radius 3 is 2.58 bits per heavy atom. The Bertz CT molecular complexity index is 853. The Labute approximate surface area is 140 Å². The zero-order valence-corrected chi connectivity index (χ0v) is 13.4. The summed E-state index contributed by atoms with van der Waals surface area (Å²) in [7, 11) is 0. The Morgan fingerprint density at radius 1 is 0.917 bits per heavy atom. The minimum atomic E-state index is -0.259. The summed E-state index contributed by atoms with van der Waals surface area (Å²) >= 11 is 0. The summed E-state index contributed by atoms with van der Waals surface area (Å²) in [4.78, 5) is 0. The lowest BCUT2D eigenvalue weighted by Crippen LogP contribution is -2.25. The zero-order chi connectivity index (χ0) is 16.4. The van der Waals surface area contributed by atoms with Crippen molar-refractivity contribution >= 4 is 10.8 Å². The summed E-state index contributed by atoms with van der Waals surface area (Å²) in [6, 6.07) is 18.7. The van der Waals surface area contributed by atoms with Gasteiger partial charge in [0.15, 0.2) is 6.29 Å². The van der Waals surface area contributed by atoms with Crippen LogP contribution in [0.2, 0.25) is 0 Å². The predicted octanol–water partition coefficient (Wildman–Crippen LogP) is 5.55. The highest BCUT2D eigenvalue weighted by Crippen LogP contribution is 2.39. The number of hydrogen-bond acceptors (Lipinski definition) is 2. The molecule has 1 fully saturated rings. The van der Waals surface area contributed by atoms with E-state index in [0.29, 0.717) is 17.9 Å². The second kappa shape index (κ2) is 6.62. The van der Waals surface area contributed by atoms with Gasteiger partial charge in [-0.15, -0.1) is 0 Å². The van der Waals surface area contributed by atoms with Crippen molar-refractivity contribution in [1.29, 1.82) is 0 Å². The third kappa shape index (κ3) is 2.87. The van der Waals surface area contributed by atoms with Gasteiger partial charge in [-0.1, -0.05) is 48.5 Å². The molecule has 1 saturated heterocycles. The maximum atomic E-state index is 14.5. The second-order valence-corrected chi connectivity index (χ2v) is 6.05. The van der Waals surface area contributed by atoms with E-state index < -0.39 is 0 Å². The molecule has 0 spiro atoms. The van der Waals surface area contributed by atoms with Gasteiger partial charge in [-0.3, -0.25) is 0 Å². The topological polar surface area (TPSA) is 18.5 Å². The first kappa shape index (κ1) is 15.2. The largest absolute Gasteiger partial charge is 0.464 e. The quantitative estimate of drug-likeness (QED) is 0.629. The van der Waals surface area contributed by atoms with E-state index in [4.69, 9.17) is 9.47 Å². The van der Waals surface area contributed by atoms with Gasteiger partial charge in [0, 0.05) is 17.5 Å². The van der Waals surface area contributed by atoms with Crippen LogP contribution in [0.25, 0.3) is 21.9 Å². The number of fused-ring (bicyclic) bond motifs is 1. The van der Waals surface area contributed by atoms with Crippen molar-refractivity contribution < 1.29 is 13.9 Å². The number of benzene rings is 3. The monoisotopic (exact) mass is 322 g/mol. The lowest BCUT2D eigenvalue weighted by Gasteiger charge is -2.25. The third-order valence-corrected chi connectivity index (χ3v) is 4.43. The van der Waals surface area contributed by atoms with Crippen LogP contribution in [0.15, 0.2) is 60.7 Å². The molecule has 0 saturated carbocycles. The molecule has 0 N–H and O–H groups in total. The standard InChI is InChI=1S/C21H19FO2/c22-18-10-4-3-9-17(18)21-16-8-2-1-7-15(16)12-13-19(21)24-20-11-5-6-14-23-20/h1-4,7-10,12-13,20H,5-6,11,14H2. The molecule has 1 aliphatic heterocycles. The lowest BCUT2D eigenvalue weighted by atomic mass is 9.96. The SMILES string of the molecule is Fc1ccccc1-c1c(OC2CCCCO2)ccc2ccccc12. The molecule has 0 radical (unpaired) electrons. The van der Waals surface area contributed by atoms with E-state index in [2.05, 4.69) is 0 Å². The second-order valence-electron chi connectivity index (χ2n) is 6.05. The van der Waals surface area contributed by atoms with Crippen LogP contribution < -0.4 is 4.74 Å². The first-order chi connectivity index (χ1) is 11.8. The molecule has 0 bridgehead atoms. The molecule has 1 unspecified atom stereocenters. The van der Waals surface area contributed by atoms with Crippen molar-refractivity contribution in [2.75, 3.05) is 6.61 Å². The van der Waals surface area contributed by atoms with Crippen molar-refractivity contribution in [3.05, 3.63) is 66.5 Å². The third-order valence-electron chi connectivity index (χ3n) is 4.43. The molecule has 0 aromatic heterocycles. The van der Waals surface area contributed by atoms with Gasteiger partial charge in [0.2, 0.25) is 0 Å². The summed E-state index contributed by atoms with van der Waals surface area (Å²) in [6.45, 7) is 0.716. The molecule has 1 heterocycles. The Kier molecular flexibility index (Phi) is 4.18. The van der Waals surface area contributed by atoms with Crippen molar-refractivity contribution in [1.82, 2.24) is 0 Å². The molecule has 1 aliphatic rings. The van der Waals surface area contributed by atoms with Gasteiger partial charge < -0.3 is 9.47 Å². The Hall–Kier alpha value is -2.39. The fourth-order valence-electron chi connectivity index (χ4n) is 3.24. The number of hydrogen-bond donors (Lipinski definition) is 0. The van der Waals surface area contributed by atoms with Crippen LogP contribution >= 0.6 is 0 Å². The molecule has 1 atom stereocenters. The average Bonchev–Trinajstić information content (AvgIpc) is 2.63. The van der Waals surface area contributed by atoms with Gasteiger partial charge in [-0.05, 0) is 35.7 Å². The highest BCUT2D eigenvalue weighted by Gasteiger charge is 2.20. The average molecular weight is 322 g/mol.